The number of piperazine rings is 1. The number of nitrogens with zero attached hydrogens (tertiary/aromatic N) is 6. The van der Waals surface area contributed by atoms with Gasteiger partial charge in [0.25, 0.3) is 5.56 Å². The van der Waals surface area contributed by atoms with Gasteiger partial charge >= 0.3 is 12.4 Å². The number of halogens is 6. The minimum atomic E-state index is -4.99. The number of hydrogen-bond donors (Lipinski definition) is 0. The summed E-state index contributed by atoms with van der Waals surface area (Å²) in [6.45, 7) is 8.73. The van der Waals surface area contributed by atoms with Gasteiger partial charge in [-0.05, 0) is 13.0 Å². The summed E-state index contributed by atoms with van der Waals surface area (Å²) in [7, 11) is -1.43. The first-order valence-corrected chi connectivity index (χ1v) is 17.6. The number of carbonyl (C=O) groups is 1. The second-order valence-corrected chi connectivity index (χ2v) is 17.0. The molecule has 1 amide bonds. The molecule has 44 heavy (non-hydrogen) atoms. The van der Waals surface area contributed by atoms with Crippen molar-refractivity contribution in [2.24, 2.45) is 0 Å². The molecule has 2 aromatic rings. The van der Waals surface area contributed by atoms with Gasteiger partial charge in [-0.15, -0.1) is 0 Å². The molecule has 3 rings (SSSR count). The highest BCUT2D eigenvalue weighted by Crippen LogP contribution is 2.33. The van der Waals surface area contributed by atoms with Gasteiger partial charge in [-0.25, -0.2) is 14.6 Å². The summed E-state index contributed by atoms with van der Waals surface area (Å²) < 4.78 is 96.2. The van der Waals surface area contributed by atoms with Gasteiger partial charge in [-0.1, -0.05) is 19.6 Å². The molecular weight excluding hydrogens is 618 g/mol. The lowest BCUT2D eigenvalue weighted by atomic mass is 10.2. The third-order valence-corrected chi connectivity index (χ3v) is 8.23. The fourth-order valence-electron chi connectivity index (χ4n) is 4.05. The maximum atomic E-state index is 13.8. The van der Waals surface area contributed by atoms with E-state index in [1.165, 1.54) is 6.92 Å². The summed E-state index contributed by atoms with van der Waals surface area (Å²) in [6, 6.07) is 0.774. The van der Waals surface area contributed by atoms with Gasteiger partial charge in [0.15, 0.2) is 11.3 Å². The Morgan fingerprint density at radius 3 is 2.16 bits per heavy atom. The summed E-state index contributed by atoms with van der Waals surface area (Å²) in [6.07, 6.45) is -8.20. The van der Waals surface area contributed by atoms with Gasteiger partial charge < -0.3 is 24.0 Å². The van der Waals surface area contributed by atoms with E-state index in [4.69, 9.17) is 14.2 Å². The number of amides is 1. The van der Waals surface area contributed by atoms with Crippen molar-refractivity contribution in [1.29, 1.82) is 0 Å². The van der Waals surface area contributed by atoms with Crippen LogP contribution in [0.2, 0.25) is 25.7 Å². The van der Waals surface area contributed by atoms with Crippen molar-refractivity contribution in [3.05, 3.63) is 40.1 Å². The molecule has 1 fully saturated rings. The Kier molecular flexibility index (Phi) is 11.8. The van der Waals surface area contributed by atoms with E-state index in [1.807, 2.05) is 0 Å². The van der Waals surface area contributed by atoms with Crippen LogP contribution in [-0.2, 0) is 33.4 Å². The molecule has 1 saturated heterocycles. The Bertz CT molecular complexity index is 1290. The fourth-order valence-corrected chi connectivity index (χ4v) is 4.81. The Hall–Kier alpha value is -3.25. The van der Waals surface area contributed by atoms with Crippen molar-refractivity contribution in [1.82, 2.24) is 24.6 Å². The van der Waals surface area contributed by atoms with Crippen molar-refractivity contribution in [2.45, 2.75) is 64.2 Å². The first kappa shape index (κ1) is 35.2. The number of carbonyl (C=O) groups excluding carboxylic acids is 1. The molecular formula is C26H36F6N6O5Si. The molecule has 0 aliphatic carbocycles. The average Bonchev–Trinajstić information content (AvgIpc) is 2.93. The highest BCUT2D eigenvalue weighted by atomic mass is 28.3. The van der Waals surface area contributed by atoms with Crippen molar-refractivity contribution < 1.29 is 45.3 Å². The maximum Gasteiger partial charge on any atom is 0.425 e. The molecule has 18 heteroatoms. The summed E-state index contributed by atoms with van der Waals surface area (Å²) in [5.41, 5.74) is -3.83. The average molecular weight is 655 g/mol. The molecule has 11 nitrogen and oxygen atoms in total. The van der Waals surface area contributed by atoms with Crippen molar-refractivity contribution in [3.63, 3.8) is 0 Å². The molecule has 246 valence electrons. The van der Waals surface area contributed by atoms with Gasteiger partial charge in [0.1, 0.15) is 12.8 Å². The monoisotopic (exact) mass is 654 g/mol. The minimum Gasteiger partial charge on any atom is -0.486 e. The molecule has 0 N–H and O–H groups in total. The molecule has 0 bridgehead atoms. The quantitative estimate of drug-likeness (QED) is 0.180. The fraction of sp³-hybridized carbons (Fsp3) is 0.654. The van der Waals surface area contributed by atoms with Crippen LogP contribution in [0.5, 0.6) is 5.75 Å². The topological polar surface area (TPSA) is 112 Å². The number of anilines is 1. The SMILES string of the molecule is CC(COCCC(=O)N1CCN(c2ncc(C(F)(F)F)cn2)CC1)Oc1cnn(COCC[Si](C)(C)C)c(=O)c1C(F)(F)F. The number of hydrogen-bond acceptors (Lipinski definition) is 9. The van der Waals surface area contributed by atoms with E-state index < -0.39 is 55.7 Å². The first-order chi connectivity index (χ1) is 20.5. The van der Waals surface area contributed by atoms with Gasteiger partial charge in [0, 0.05) is 53.3 Å². The van der Waals surface area contributed by atoms with Crippen LogP contribution >= 0.6 is 0 Å². The predicted molar refractivity (Wildman–Crippen MR) is 149 cm³/mol. The van der Waals surface area contributed by atoms with Crippen LogP contribution in [0.1, 0.15) is 24.5 Å². The summed E-state index contributed by atoms with van der Waals surface area (Å²) in [4.78, 5) is 35.9. The van der Waals surface area contributed by atoms with Crippen molar-refractivity contribution in [2.75, 3.05) is 50.9 Å². The molecule has 0 radical (unpaired) electrons. The van der Waals surface area contributed by atoms with E-state index in [-0.39, 0.29) is 31.5 Å². The minimum absolute atomic E-state index is 0.00734. The van der Waals surface area contributed by atoms with Crippen LogP contribution in [0, 0.1) is 0 Å². The largest absolute Gasteiger partial charge is 0.486 e. The molecule has 1 aliphatic heterocycles. The maximum absolute atomic E-state index is 13.8. The smallest absolute Gasteiger partial charge is 0.425 e. The van der Waals surface area contributed by atoms with Crippen LogP contribution in [0.25, 0.3) is 0 Å². The number of rotatable bonds is 13. The zero-order valence-corrected chi connectivity index (χ0v) is 25.9. The number of alkyl halides is 6. The predicted octanol–water partition coefficient (Wildman–Crippen LogP) is 3.91. The molecule has 1 unspecified atom stereocenters. The lowest BCUT2D eigenvalue weighted by Crippen LogP contribution is -2.49. The third kappa shape index (κ3) is 10.4. The molecule has 1 atom stereocenters. The van der Waals surface area contributed by atoms with E-state index >= 15 is 0 Å². The first-order valence-electron chi connectivity index (χ1n) is 13.9. The van der Waals surface area contributed by atoms with Crippen LogP contribution < -0.4 is 15.2 Å². The Morgan fingerprint density at radius 1 is 0.955 bits per heavy atom. The summed E-state index contributed by atoms with van der Waals surface area (Å²) >= 11 is 0. The van der Waals surface area contributed by atoms with Gasteiger partial charge in [0.2, 0.25) is 11.9 Å². The lowest BCUT2D eigenvalue weighted by Gasteiger charge is -2.34. The van der Waals surface area contributed by atoms with Crippen LogP contribution in [0.4, 0.5) is 32.3 Å². The Labute approximate surface area is 251 Å². The second kappa shape index (κ2) is 14.7. The Morgan fingerprint density at radius 2 is 1.59 bits per heavy atom. The van der Waals surface area contributed by atoms with Crippen LogP contribution in [0.3, 0.4) is 0 Å². The zero-order chi connectivity index (χ0) is 32.7. The highest BCUT2D eigenvalue weighted by Gasteiger charge is 2.39. The van der Waals surface area contributed by atoms with Gasteiger partial charge in [-0.2, -0.15) is 31.4 Å². The number of ether oxygens (including phenoxy) is 3. The Balaban J connectivity index is 1.44. The standard InChI is InChI=1S/C26H36F6N6O5Si/c1-18(43-20-15-35-38(17-42-11-12-44(2,3)4)23(40)22(20)26(30,31)32)16-41-10-5-21(39)36-6-8-37(9-7-36)24-33-13-19(14-34-24)25(27,28)29/h13-15,18H,5-12,16-17H2,1-4H3. The van der Waals surface area contributed by atoms with E-state index in [2.05, 4.69) is 34.7 Å². The van der Waals surface area contributed by atoms with E-state index in [0.29, 0.717) is 49.9 Å². The van der Waals surface area contributed by atoms with Crippen molar-refractivity contribution in [3.8, 4) is 5.75 Å². The van der Waals surface area contributed by atoms with Gasteiger partial charge in [-0.3, -0.25) is 9.59 Å². The van der Waals surface area contributed by atoms with Crippen LogP contribution in [0.15, 0.2) is 23.4 Å². The van der Waals surface area contributed by atoms with Gasteiger partial charge in [0.05, 0.1) is 31.4 Å². The molecule has 2 aromatic heterocycles. The highest BCUT2D eigenvalue weighted by molar-refractivity contribution is 6.76. The summed E-state index contributed by atoms with van der Waals surface area (Å²) in [5, 5.41) is 3.77. The summed E-state index contributed by atoms with van der Waals surface area (Å²) in [5.74, 6) is -0.830. The van der Waals surface area contributed by atoms with Crippen molar-refractivity contribution >= 4 is 19.9 Å². The lowest BCUT2D eigenvalue weighted by molar-refractivity contribution is -0.141. The van der Waals surface area contributed by atoms with E-state index in [9.17, 15) is 35.9 Å². The van der Waals surface area contributed by atoms with Crippen LogP contribution in [-0.4, -0.2) is 90.7 Å². The molecule has 1 aliphatic rings. The van der Waals surface area contributed by atoms with E-state index in [1.54, 1.807) is 9.80 Å². The molecule has 0 spiro atoms. The zero-order valence-electron chi connectivity index (χ0n) is 24.9. The normalized spacial score (nSPS) is 15.4. The number of aromatic nitrogens is 4. The second-order valence-electron chi connectivity index (χ2n) is 11.4. The van der Waals surface area contributed by atoms with E-state index in [0.717, 1.165) is 12.2 Å². The molecule has 0 saturated carbocycles. The molecule has 0 aromatic carbocycles. The third-order valence-electron chi connectivity index (χ3n) is 6.52. The molecule has 3 heterocycles.